The first-order valence-corrected chi connectivity index (χ1v) is 12.6. The zero-order valence-electron chi connectivity index (χ0n) is 18.0. The smallest absolute Gasteiger partial charge is 0.232 e. The molecule has 0 aliphatic heterocycles. The van der Waals surface area contributed by atoms with Gasteiger partial charge in [-0.2, -0.15) is 0 Å². The number of hydrogen-bond acceptors (Lipinski definition) is 3. The Morgan fingerprint density at radius 1 is 0.844 bits per heavy atom. The molecule has 0 aliphatic carbocycles. The first kappa shape index (κ1) is 23.8. The fraction of sp³-hybridized carbons (Fsp3) is 0.240. The van der Waals surface area contributed by atoms with Crippen molar-refractivity contribution in [1.29, 1.82) is 0 Å². The minimum absolute atomic E-state index is 0.0164. The van der Waals surface area contributed by atoms with Crippen LogP contribution < -0.4 is 4.31 Å². The van der Waals surface area contributed by atoms with Gasteiger partial charge < -0.3 is 4.90 Å². The monoisotopic (exact) mass is 470 g/mol. The Kier molecular flexibility index (Phi) is 8.31. The van der Waals surface area contributed by atoms with Crippen LogP contribution in [0.25, 0.3) is 0 Å². The molecular formula is C25H27ClN2O3S. The van der Waals surface area contributed by atoms with Crippen LogP contribution in [0.3, 0.4) is 0 Å². The molecule has 3 aromatic carbocycles. The zero-order valence-corrected chi connectivity index (χ0v) is 19.6. The van der Waals surface area contributed by atoms with Gasteiger partial charge in [0.05, 0.1) is 11.9 Å². The summed E-state index contributed by atoms with van der Waals surface area (Å²) in [5, 5.41) is 0.462. The van der Waals surface area contributed by atoms with Crippen molar-refractivity contribution in [3.8, 4) is 0 Å². The molecule has 0 atom stereocenters. The molecule has 5 nitrogen and oxygen atoms in total. The average Bonchev–Trinajstić information content (AvgIpc) is 2.76. The van der Waals surface area contributed by atoms with Gasteiger partial charge in [-0.05, 0) is 35.7 Å². The van der Waals surface area contributed by atoms with E-state index in [9.17, 15) is 13.2 Å². The lowest BCUT2D eigenvalue weighted by molar-refractivity contribution is -0.132. The highest BCUT2D eigenvalue weighted by atomic mass is 35.5. The largest absolute Gasteiger partial charge is 0.334 e. The lowest BCUT2D eigenvalue weighted by Gasteiger charge is -2.25. The Morgan fingerprint density at radius 3 is 1.91 bits per heavy atom. The summed E-state index contributed by atoms with van der Waals surface area (Å²) in [7, 11) is -3.50. The predicted molar refractivity (Wildman–Crippen MR) is 130 cm³/mol. The van der Waals surface area contributed by atoms with Gasteiger partial charge >= 0.3 is 0 Å². The fourth-order valence-electron chi connectivity index (χ4n) is 3.49. The molecular weight excluding hydrogens is 444 g/mol. The number of carbonyl (C=O) groups is 1. The molecule has 0 spiro atoms. The second-order valence-corrected chi connectivity index (χ2v) is 9.98. The van der Waals surface area contributed by atoms with Crippen LogP contribution in [0.4, 0.5) is 5.69 Å². The van der Waals surface area contributed by atoms with E-state index in [1.807, 2.05) is 65.6 Å². The van der Waals surface area contributed by atoms with E-state index in [0.717, 1.165) is 17.4 Å². The number of sulfonamides is 1. The maximum absolute atomic E-state index is 13.1. The molecule has 168 valence electrons. The number of anilines is 1. The molecule has 0 saturated heterocycles. The van der Waals surface area contributed by atoms with E-state index in [4.69, 9.17) is 11.6 Å². The summed E-state index contributed by atoms with van der Waals surface area (Å²) in [6.45, 7) is 1.20. The maximum Gasteiger partial charge on any atom is 0.232 e. The van der Waals surface area contributed by atoms with E-state index < -0.39 is 10.0 Å². The highest BCUT2D eigenvalue weighted by molar-refractivity contribution is 7.92. The topological polar surface area (TPSA) is 57.7 Å². The van der Waals surface area contributed by atoms with Gasteiger partial charge in [-0.3, -0.25) is 9.10 Å². The number of hydrogen-bond donors (Lipinski definition) is 0. The molecule has 0 unspecified atom stereocenters. The van der Waals surface area contributed by atoms with E-state index in [1.54, 1.807) is 24.3 Å². The third-order valence-corrected chi connectivity index (χ3v) is 6.46. The van der Waals surface area contributed by atoms with Crippen LogP contribution in [-0.2, 0) is 27.9 Å². The predicted octanol–water partition coefficient (Wildman–Crippen LogP) is 5.12. The number of halogens is 1. The third-order valence-electron chi connectivity index (χ3n) is 5.03. The molecule has 0 saturated carbocycles. The second-order valence-electron chi connectivity index (χ2n) is 7.64. The van der Waals surface area contributed by atoms with Crippen molar-refractivity contribution in [2.24, 2.45) is 0 Å². The van der Waals surface area contributed by atoms with Gasteiger partial charge in [0.1, 0.15) is 0 Å². The van der Waals surface area contributed by atoms with Crippen molar-refractivity contribution >= 4 is 33.2 Å². The van der Waals surface area contributed by atoms with Crippen molar-refractivity contribution in [3.63, 3.8) is 0 Å². The molecule has 3 aromatic rings. The summed E-state index contributed by atoms with van der Waals surface area (Å²) < 4.78 is 25.9. The third kappa shape index (κ3) is 7.11. The van der Waals surface area contributed by atoms with Gasteiger partial charge in [0.15, 0.2) is 0 Å². The van der Waals surface area contributed by atoms with E-state index in [-0.39, 0.29) is 18.9 Å². The van der Waals surface area contributed by atoms with E-state index >= 15 is 0 Å². The summed E-state index contributed by atoms with van der Waals surface area (Å²) in [6.07, 6.45) is 1.80. The Labute approximate surface area is 195 Å². The van der Waals surface area contributed by atoms with E-state index in [1.165, 1.54) is 4.31 Å². The molecule has 0 bridgehead atoms. The minimum atomic E-state index is -3.50. The molecule has 0 radical (unpaired) electrons. The van der Waals surface area contributed by atoms with Gasteiger partial charge in [0.2, 0.25) is 15.9 Å². The quantitative estimate of drug-likeness (QED) is 0.413. The van der Waals surface area contributed by atoms with Crippen molar-refractivity contribution in [1.82, 2.24) is 4.90 Å². The second kappa shape index (κ2) is 11.2. The van der Waals surface area contributed by atoms with Crippen LogP contribution in [0.15, 0.2) is 84.9 Å². The van der Waals surface area contributed by atoms with Gasteiger partial charge in [0, 0.05) is 31.1 Å². The number of nitrogens with zero attached hydrogens (tertiary/aromatic N) is 2. The summed E-state index contributed by atoms with van der Waals surface area (Å²) in [5.74, 6) is -0.0164. The first-order chi connectivity index (χ1) is 15.3. The molecule has 0 fully saturated rings. The van der Waals surface area contributed by atoms with Crippen molar-refractivity contribution in [2.75, 3.05) is 17.1 Å². The summed E-state index contributed by atoms with van der Waals surface area (Å²) in [5.41, 5.74) is 2.60. The van der Waals surface area contributed by atoms with Crippen molar-refractivity contribution < 1.29 is 13.2 Å². The van der Waals surface area contributed by atoms with Gasteiger partial charge in [-0.1, -0.05) is 78.3 Å². The van der Waals surface area contributed by atoms with Crippen LogP contribution in [0.1, 0.15) is 24.0 Å². The Hall–Kier alpha value is -2.83. The van der Waals surface area contributed by atoms with Crippen LogP contribution in [-0.4, -0.2) is 32.0 Å². The molecule has 0 aliphatic rings. The highest BCUT2D eigenvalue weighted by Gasteiger charge is 2.20. The molecule has 3 rings (SSSR count). The molecule has 0 N–H and O–H groups in total. The maximum atomic E-state index is 13.1. The number of carbonyl (C=O) groups excluding carboxylic acids is 1. The molecule has 0 aromatic heterocycles. The Morgan fingerprint density at radius 2 is 1.41 bits per heavy atom. The van der Waals surface area contributed by atoms with Crippen LogP contribution in [0.2, 0.25) is 5.02 Å². The van der Waals surface area contributed by atoms with E-state index in [2.05, 4.69) is 0 Å². The molecule has 1 amide bonds. The first-order valence-electron chi connectivity index (χ1n) is 10.4. The minimum Gasteiger partial charge on any atom is -0.334 e. The van der Waals surface area contributed by atoms with Gasteiger partial charge in [-0.25, -0.2) is 8.42 Å². The van der Waals surface area contributed by atoms with Crippen LogP contribution >= 0.6 is 11.6 Å². The zero-order chi connectivity index (χ0) is 23.0. The lowest BCUT2D eigenvalue weighted by atomic mass is 10.1. The van der Waals surface area contributed by atoms with Gasteiger partial charge in [-0.15, -0.1) is 0 Å². The number of benzene rings is 3. The average molecular weight is 471 g/mol. The standard InChI is InChI=1S/C25H27ClN2O3S/c1-32(30,31)28(24-15-8-14-23(26)18-24)17-9-16-25(29)27(19-21-10-4-2-5-11-21)20-22-12-6-3-7-13-22/h2-8,10-15,18H,9,16-17,19-20H2,1H3. The van der Waals surface area contributed by atoms with Crippen LogP contribution in [0, 0.1) is 0 Å². The lowest BCUT2D eigenvalue weighted by Crippen LogP contribution is -2.33. The van der Waals surface area contributed by atoms with E-state index in [0.29, 0.717) is 30.2 Å². The van der Waals surface area contributed by atoms with Gasteiger partial charge in [0.25, 0.3) is 0 Å². The normalized spacial score (nSPS) is 11.2. The summed E-state index contributed by atoms with van der Waals surface area (Å²) in [4.78, 5) is 14.9. The molecule has 7 heteroatoms. The molecule has 32 heavy (non-hydrogen) atoms. The Balaban J connectivity index is 1.69. The number of amides is 1. The Bertz CT molecular complexity index is 1080. The number of rotatable bonds is 10. The highest BCUT2D eigenvalue weighted by Crippen LogP contribution is 2.22. The fourth-order valence-corrected chi connectivity index (χ4v) is 4.63. The molecule has 0 heterocycles. The SMILES string of the molecule is CS(=O)(=O)N(CCCC(=O)N(Cc1ccccc1)Cc1ccccc1)c1cccc(Cl)c1. The van der Waals surface area contributed by atoms with Crippen molar-refractivity contribution in [2.45, 2.75) is 25.9 Å². The summed E-state index contributed by atoms with van der Waals surface area (Å²) >= 11 is 6.04. The summed E-state index contributed by atoms with van der Waals surface area (Å²) in [6, 6.07) is 26.4. The van der Waals surface area contributed by atoms with Crippen LogP contribution in [0.5, 0.6) is 0 Å². The van der Waals surface area contributed by atoms with Crippen molar-refractivity contribution in [3.05, 3.63) is 101 Å².